The summed E-state index contributed by atoms with van der Waals surface area (Å²) in [4.78, 5) is 17.3. The summed E-state index contributed by atoms with van der Waals surface area (Å²) in [7, 11) is 3.14. The summed E-state index contributed by atoms with van der Waals surface area (Å²) in [6, 6.07) is 11.3. The van der Waals surface area contributed by atoms with Crippen molar-refractivity contribution in [2.75, 3.05) is 26.1 Å². The minimum atomic E-state index is -0.254. The van der Waals surface area contributed by atoms with E-state index in [-0.39, 0.29) is 12.5 Å². The van der Waals surface area contributed by atoms with Gasteiger partial charge in [-0.1, -0.05) is 37.2 Å². The van der Waals surface area contributed by atoms with E-state index in [4.69, 9.17) is 14.3 Å². The summed E-state index contributed by atoms with van der Waals surface area (Å²) in [6.45, 7) is 5.98. The van der Waals surface area contributed by atoms with Crippen molar-refractivity contribution >= 4 is 17.8 Å². The summed E-state index contributed by atoms with van der Waals surface area (Å²) in [5.41, 5.74) is 3.72. The van der Waals surface area contributed by atoms with Crippen molar-refractivity contribution in [3.63, 3.8) is 0 Å². The molecule has 1 N–H and O–H groups in total. The number of nitrogens with one attached hydrogen (secondary N) is 1. The Balaban J connectivity index is 1.94. The lowest BCUT2D eigenvalue weighted by Crippen LogP contribution is -2.19. The van der Waals surface area contributed by atoms with E-state index in [1.54, 1.807) is 26.4 Å². The molecule has 0 saturated heterocycles. The molecule has 0 heterocycles. The van der Waals surface area contributed by atoms with Gasteiger partial charge in [-0.15, -0.1) is 0 Å². The molecule has 0 atom stereocenters. The second-order valence-electron chi connectivity index (χ2n) is 6.36. The third-order valence-corrected chi connectivity index (χ3v) is 4.07. The number of hydrogen-bond donors (Lipinski definition) is 1. The number of hydrogen-bond acceptors (Lipinski definition) is 5. The van der Waals surface area contributed by atoms with Gasteiger partial charge in [0.25, 0.3) is 5.91 Å². The molecule has 2 aromatic carbocycles. The number of oxime groups is 1. The standard InChI is InChI=1S/C21H26N2O4/c1-14(2)17-8-6-7-15(3)21(17)23-20(24)13-27-22-12-16-9-10-18(25-4)19(11-16)26-5/h6-12,14H,13H2,1-5H3,(H,23,24)/b22-12-. The molecule has 1 amide bonds. The third kappa shape index (κ3) is 5.48. The number of para-hydroxylation sites is 1. The molecule has 0 aliphatic heterocycles. The monoisotopic (exact) mass is 370 g/mol. The number of benzene rings is 2. The lowest BCUT2D eigenvalue weighted by atomic mass is 9.98. The van der Waals surface area contributed by atoms with Crippen molar-refractivity contribution in [3.05, 3.63) is 53.1 Å². The van der Waals surface area contributed by atoms with Gasteiger partial charge in [0.1, 0.15) is 0 Å². The van der Waals surface area contributed by atoms with E-state index >= 15 is 0 Å². The molecule has 0 bridgehead atoms. The highest BCUT2D eigenvalue weighted by molar-refractivity contribution is 5.93. The molecule has 2 rings (SSSR count). The molecule has 0 unspecified atom stereocenters. The molecule has 0 spiro atoms. The Bertz CT molecular complexity index is 816. The zero-order chi connectivity index (χ0) is 19.8. The molecule has 0 aliphatic rings. The van der Waals surface area contributed by atoms with Crippen molar-refractivity contribution < 1.29 is 19.1 Å². The van der Waals surface area contributed by atoms with Crippen LogP contribution >= 0.6 is 0 Å². The van der Waals surface area contributed by atoms with E-state index in [0.29, 0.717) is 17.4 Å². The van der Waals surface area contributed by atoms with Crippen molar-refractivity contribution in [1.29, 1.82) is 0 Å². The number of aryl methyl sites for hydroxylation is 1. The van der Waals surface area contributed by atoms with Crippen LogP contribution in [0.4, 0.5) is 5.69 Å². The second-order valence-corrected chi connectivity index (χ2v) is 6.36. The Morgan fingerprint density at radius 3 is 2.56 bits per heavy atom. The average molecular weight is 370 g/mol. The molecule has 0 radical (unpaired) electrons. The summed E-state index contributed by atoms with van der Waals surface area (Å²) in [5.74, 6) is 1.29. The predicted molar refractivity (Wildman–Crippen MR) is 107 cm³/mol. The summed E-state index contributed by atoms with van der Waals surface area (Å²) < 4.78 is 10.4. The summed E-state index contributed by atoms with van der Waals surface area (Å²) in [6.07, 6.45) is 1.52. The zero-order valence-corrected chi connectivity index (χ0v) is 16.4. The van der Waals surface area contributed by atoms with E-state index in [0.717, 1.165) is 22.4 Å². The van der Waals surface area contributed by atoms with Gasteiger partial charge >= 0.3 is 0 Å². The molecule has 144 valence electrons. The molecule has 0 aliphatic carbocycles. The Hall–Kier alpha value is -3.02. The first-order valence-corrected chi connectivity index (χ1v) is 8.73. The van der Waals surface area contributed by atoms with E-state index < -0.39 is 0 Å². The van der Waals surface area contributed by atoms with Crippen LogP contribution in [0, 0.1) is 6.92 Å². The van der Waals surface area contributed by atoms with Crippen LogP contribution in [0.15, 0.2) is 41.6 Å². The molecule has 0 aromatic heterocycles. The van der Waals surface area contributed by atoms with Gasteiger partial charge in [0.2, 0.25) is 0 Å². The van der Waals surface area contributed by atoms with Crippen LogP contribution in [-0.4, -0.2) is 32.9 Å². The molecule has 27 heavy (non-hydrogen) atoms. The highest BCUT2D eigenvalue weighted by Crippen LogP contribution is 2.28. The van der Waals surface area contributed by atoms with Gasteiger partial charge in [-0.2, -0.15) is 0 Å². The number of ether oxygens (including phenoxy) is 2. The normalized spacial score (nSPS) is 10.9. The van der Waals surface area contributed by atoms with Gasteiger partial charge in [0, 0.05) is 11.3 Å². The van der Waals surface area contributed by atoms with E-state index in [1.165, 1.54) is 6.21 Å². The minimum Gasteiger partial charge on any atom is -0.493 e. The van der Waals surface area contributed by atoms with Gasteiger partial charge in [0.15, 0.2) is 18.1 Å². The maximum Gasteiger partial charge on any atom is 0.265 e. The molecular weight excluding hydrogens is 344 g/mol. The van der Waals surface area contributed by atoms with Gasteiger partial charge in [-0.25, -0.2) is 0 Å². The lowest BCUT2D eigenvalue weighted by molar-refractivity contribution is -0.120. The van der Waals surface area contributed by atoms with Crippen LogP contribution in [0.25, 0.3) is 0 Å². The van der Waals surface area contributed by atoms with Crippen LogP contribution in [0.5, 0.6) is 11.5 Å². The minimum absolute atomic E-state index is 0.171. The van der Waals surface area contributed by atoms with Gasteiger partial charge in [-0.3, -0.25) is 4.79 Å². The predicted octanol–water partition coefficient (Wildman–Crippen LogP) is 4.12. The van der Waals surface area contributed by atoms with E-state index in [9.17, 15) is 4.79 Å². The van der Waals surface area contributed by atoms with Crippen molar-refractivity contribution in [2.24, 2.45) is 5.16 Å². The molecular formula is C21H26N2O4. The van der Waals surface area contributed by atoms with Gasteiger partial charge in [0.05, 0.1) is 20.4 Å². The topological polar surface area (TPSA) is 69.2 Å². The van der Waals surface area contributed by atoms with E-state index in [1.807, 2.05) is 31.2 Å². The van der Waals surface area contributed by atoms with Crippen molar-refractivity contribution in [2.45, 2.75) is 26.7 Å². The first kappa shape index (κ1) is 20.3. The van der Waals surface area contributed by atoms with Crippen molar-refractivity contribution in [1.82, 2.24) is 0 Å². The smallest absolute Gasteiger partial charge is 0.265 e. The van der Waals surface area contributed by atoms with Gasteiger partial charge in [-0.05, 0) is 42.2 Å². The van der Waals surface area contributed by atoms with E-state index in [2.05, 4.69) is 24.3 Å². The van der Waals surface area contributed by atoms with Crippen LogP contribution in [0.2, 0.25) is 0 Å². The SMILES string of the molecule is COc1ccc(/C=N\OCC(=O)Nc2c(C)cccc2C(C)C)cc1OC. The second kappa shape index (κ2) is 9.62. The molecule has 6 nitrogen and oxygen atoms in total. The Morgan fingerprint density at radius 1 is 1.15 bits per heavy atom. The number of anilines is 1. The Morgan fingerprint density at radius 2 is 1.89 bits per heavy atom. The molecule has 0 saturated carbocycles. The fourth-order valence-corrected chi connectivity index (χ4v) is 2.64. The maximum atomic E-state index is 12.2. The number of carbonyl (C=O) groups excluding carboxylic acids is 1. The fourth-order valence-electron chi connectivity index (χ4n) is 2.64. The van der Waals surface area contributed by atoms with Crippen LogP contribution in [0.3, 0.4) is 0 Å². The summed E-state index contributed by atoms with van der Waals surface area (Å²) in [5, 5.41) is 6.77. The Labute approximate surface area is 160 Å². The van der Waals surface area contributed by atoms with Crippen molar-refractivity contribution in [3.8, 4) is 11.5 Å². The maximum absolute atomic E-state index is 12.2. The average Bonchev–Trinajstić information content (AvgIpc) is 2.66. The number of carbonyl (C=O) groups is 1. The molecule has 2 aromatic rings. The number of amides is 1. The number of rotatable bonds is 8. The molecule has 6 heteroatoms. The lowest BCUT2D eigenvalue weighted by Gasteiger charge is -2.16. The zero-order valence-electron chi connectivity index (χ0n) is 16.4. The van der Waals surface area contributed by atoms with Crippen LogP contribution in [-0.2, 0) is 9.63 Å². The number of methoxy groups -OCH3 is 2. The van der Waals surface area contributed by atoms with Gasteiger partial charge < -0.3 is 19.6 Å². The number of nitrogens with zero attached hydrogens (tertiary/aromatic N) is 1. The summed E-state index contributed by atoms with van der Waals surface area (Å²) >= 11 is 0. The first-order valence-electron chi connectivity index (χ1n) is 8.73. The van der Waals surface area contributed by atoms with Crippen LogP contribution in [0.1, 0.15) is 36.5 Å². The highest BCUT2D eigenvalue weighted by atomic mass is 16.6. The first-order chi connectivity index (χ1) is 13.0. The highest BCUT2D eigenvalue weighted by Gasteiger charge is 2.12. The fraction of sp³-hybridized carbons (Fsp3) is 0.333. The molecule has 0 fully saturated rings. The quantitative estimate of drug-likeness (QED) is 0.560. The van der Waals surface area contributed by atoms with Crippen LogP contribution < -0.4 is 14.8 Å². The largest absolute Gasteiger partial charge is 0.493 e. The Kier molecular flexibility index (Phi) is 7.23. The third-order valence-electron chi connectivity index (χ3n) is 4.07.